The molecule has 0 spiro atoms. The van der Waals surface area contributed by atoms with Crippen LogP contribution in [0.15, 0.2) is 120 Å². The van der Waals surface area contributed by atoms with E-state index < -0.39 is 0 Å². The summed E-state index contributed by atoms with van der Waals surface area (Å²) >= 11 is 0. The van der Waals surface area contributed by atoms with Crippen LogP contribution >= 0.6 is 0 Å². The lowest BCUT2D eigenvalue weighted by molar-refractivity contribution is 0.475. The summed E-state index contributed by atoms with van der Waals surface area (Å²) in [4.78, 5) is 0. The number of benzene rings is 3. The molecule has 2 heteroatoms. The van der Waals surface area contributed by atoms with Crippen LogP contribution in [0.3, 0.4) is 0 Å². The number of phenols is 2. The van der Waals surface area contributed by atoms with Gasteiger partial charge >= 0.3 is 0 Å². The fraction of sp³-hybridized carbons (Fsp3) is 0.0769. The molecule has 2 aliphatic carbocycles. The predicted octanol–water partition coefficient (Wildman–Crippen LogP) is 6.70. The molecule has 0 aromatic heterocycles. The van der Waals surface area contributed by atoms with Crippen molar-refractivity contribution in [2.75, 3.05) is 0 Å². The van der Waals surface area contributed by atoms with E-state index >= 15 is 0 Å². The van der Waals surface area contributed by atoms with Crippen molar-refractivity contribution >= 4 is 10.8 Å². The van der Waals surface area contributed by atoms with E-state index in [1.807, 2.05) is 42.5 Å². The lowest BCUT2D eigenvalue weighted by Crippen LogP contribution is -1.80. The highest BCUT2D eigenvalue weighted by molar-refractivity contribution is 5.87. The third-order valence-corrected chi connectivity index (χ3v) is 4.48. The zero-order valence-corrected chi connectivity index (χ0v) is 15.7. The Hall–Kier alpha value is -3.52. The van der Waals surface area contributed by atoms with Crippen LogP contribution in [0.25, 0.3) is 10.8 Å². The average Bonchev–Trinajstić information content (AvgIpc) is 3.44. The van der Waals surface area contributed by atoms with Crippen molar-refractivity contribution in [2.45, 2.75) is 12.8 Å². The second kappa shape index (κ2) is 9.98. The second-order valence-electron chi connectivity index (χ2n) is 6.48. The standard InChI is InChI=1S/C10H8O.C10H10.C6H6O/c11-10-7-3-5-8-4-1-2-6-9(8)10;1-2-6-9(5-1)10-7-3-4-8-10;7-6-4-2-1-3-5-6/h1-7,11H;1-5,7H,6,8H2;1-5,7H. The molecule has 2 N–H and O–H groups in total. The van der Waals surface area contributed by atoms with Gasteiger partial charge in [-0.25, -0.2) is 0 Å². The molecule has 0 bridgehead atoms. The van der Waals surface area contributed by atoms with Gasteiger partial charge in [0.25, 0.3) is 0 Å². The van der Waals surface area contributed by atoms with Crippen LogP contribution in [0.4, 0.5) is 0 Å². The first-order chi connectivity index (χ1) is 13.7. The largest absolute Gasteiger partial charge is 0.508 e. The number of aromatic hydroxyl groups is 2. The van der Waals surface area contributed by atoms with E-state index in [1.165, 1.54) is 11.1 Å². The van der Waals surface area contributed by atoms with Gasteiger partial charge in [0.15, 0.2) is 0 Å². The van der Waals surface area contributed by atoms with Gasteiger partial charge in [0.05, 0.1) is 0 Å². The topological polar surface area (TPSA) is 40.5 Å². The van der Waals surface area contributed by atoms with Gasteiger partial charge < -0.3 is 10.2 Å². The molecule has 0 heterocycles. The highest BCUT2D eigenvalue weighted by Crippen LogP contribution is 2.25. The zero-order valence-electron chi connectivity index (χ0n) is 15.7. The lowest BCUT2D eigenvalue weighted by atomic mass is 10.1. The smallest absolute Gasteiger partial charge is 0.123 e. The van der Waals surface area contributed by atoms with E-state index in [0.717, 1.165) is 23.6 Å². The molecule has 140 valence electrons. The fourth-order valence-electron chi connectivity index (χ4n) is 3.01. The van der Waals surface area contributed by atoms with Gasteiger partial charge in [-0.05, 0) is 47.6 Å². The fourth-order valence-corrected chi connectivity index (χ4v) is 3.01. The van der Waals surface area contributed by atoms with Crippen LogP contribution in [0.5, 0.6) is 11.5 Å². The van der Waals surface area contributed by atoms with Gasteiger partial charge in [-0.2, -0.15) is 0 Å². The number of hydrogen-bond donors (Lipinski definition) is 2. The highest BCUT2D eigenvalue weighted by Gasteiger charge is 2.06. The summed E-state index contributed by atoms with van der Waals surface area (Å²) in [5, 5.41) is 20.0. The SMILES string of the molecule is C1=CCC(C2=CC=CC2)=C1.Oc1cccc2ccccc12.Oc1ccccc1. The molecule has 0 atom stereocenters. The first-order valence-electron chi connectivity index (χ1n) is 9.36. The molecule has 0 saturated heterocycles. The van der Waals surface area contributed by atoms with Gasteiger partial charge in [0.1, 0.15) is 11.5 Å². The second-order valence-corrected chi connectivity index (χ2v) is 6.48. The minimum Gasteiger partial charge on any atom is -0.508 e. The van der Waals surface area contributed by atoms with E-state index in [2.05, 4.69) is 36.5 Å². The number of hydrogen-bond acceptors (Lipinski definition) is 2. The molecule has 5 rings (SSSR count). The molecular formula is C26H24O2. The summed E-state index contributed by atoms with van der Waals surface area (Å²) in [5.74, 6) is 0.672. The van der Waals surface area contributed by atoms with Crippen molar-refractivity contribution in [1.82, 2.24) is 0 Å². The molecule has 0 unspecified atom stereocenters. The van der Waals surface area contributed by atoms with Gasteiger partial charge in [0.2, 0.25) is 0 Å². The molecule has 0 amide bonds. The Kier molecular flexibility index (Phi) is 6.86. The minimum atomic E-state index is 0.322. The molecule has 0 fully saturated rings. The van der Waals surface area contributed by atoms with Crippen LogP contribution in [0.1, 0.15) is 12.8 Å². The Morgan fingerprint density at radius 3 is 1.64 bits per heavy atom. The van der Waals surface area contributed by atoms with Gasteiger partial charge in [-0.3, -0.25) is 0 Å². The van der Waals surface area contributed by atoms with E-state index in [1.54, 1.807) is 30.3 Å². The number of phenolic OH excluding ortho intramolecular Hbond substituents is 2. The van der Waals surface area contributed by atoms with Crippen molar-refractivity contribution in [1.29, 1.82) is 0 Å². The third kappa shape index (κ3) is 5.49. The van der Waals surface area contributed by atoms with Gasteiger partial charge in [0, 0.05) is 5.39 Å². The monoisotopic (exact) mass is 368 g/mol. The van der Waals surface area contributed by atoms with Crippen LogP contribution in [-0.2, 0) is 0 Å². The number of allylic oxidation sites excluding steroid dienone is 8. The Morgan fingerprint density at radius 1 is 0.571 bits per heavy atom. The molecular weight excluding hydrogens is 344 g/mol. The molecule has 3 aromatic carbocycles. The maximum absolute atomic E-state index is 9.37. The van der Waals surface area contributed by atoms with Crippen molar-refractivity contribution in [3.05, 3.63) is 120 Å². The van der Waals surface area contributed by atoms with E-state index in [4.69, 9.17) is 5.11 Å². The van der Waals surface area contributed by atoms with E-state index in [0.29, 0.717) is 11.5 Å². The quantitative estimate of drug-likeness (QED) is 0.502. The zero-order chi connectivity index (χ0) is 19.6. The predicted molar refractivity (Wildman–Crippen MR) is 117 cm³/mol. The van der Waals surface area contributed by atoms with Crippen LogP contribution in [0, 0.1) is 0 Å². The molecule has 0 radical (unpaired) electrons. The number of rotatable bonds is 1. The Labute approximate surface area is 166 Å². The summed E-state index contributed by atoms with van der Waals surface area (Å²) in [5.41, 5.74) is 2.98. The first kappa shape index (κ1) is 19.2. The summed E-state index contributed by atoms with van der Waals surface area (Å²) in [6.07, 6.45) is 15.4. The van der Waals surface area contributed by atoms with Gasteiger partial charge in [-0.15, -0.1) is 0 Å². The Balaban J connectivity index is 0.000000124. The van der Waals surface area contributed by atoms with Crippen molar-refractivity contribution in [3.63, 3.8) is 0 Å². The first-order valence-corrected chi connectivity index (χ1v) is 9.36. The molecule has 2 nitrogen and oxygen atoms in total. The van der Waals surface area contributed by atoms with E-state index in [-0.39, 0.29) is 0 Å². The molecule has 3 aromatic rings. The van der Waals surface area contributed by atoms with E-state index in [9.17, 15) is 5.11 Å². The number of fused-ring (bicyclic) bond motifs is 1. The highest BCUT2D eigenvalue weighted by atomic mass is 16.3. The van der Waals surface area contributed by atoms with Crippen molar-refractivity contribution in [3.8, 4) is 11.5 Å². The Morgan fingerprint density at radius 2 is 1.14 bits per heavy atom. The third-order valence-electron chi connectivity index (χ3n) is 4.48. The van der Waals surface area contributed by atoms with Crippen LogP contribution in [-0.4, -0.2) is 10.2 Å². The molecule has 0 aliphatic heterocycles. The molecule has 2 aliphatic rings. The number of para-hydroxylation sites is 1. The maximum atomic E-state index is 9.37. The average molecular weight is 368 g/mol. The van der Waals surface area contributed by atoms with Gasteiger partial charge in [-0.1, -0.05) is 91.1 Å². The van der Waals surface area contributed by atoms with Crippen molar-refractivity contribution in [2.24, 2.45) is 0 Å². The summed E-state index contributed by atoms with van der Waals surface area (Å²) in [6.45, 7) is 0. The van der Waals surface area contributed by atoms with Crippen molar-refractivity contribution < 1.29 is 10.2 Å². The summed E-state index contributed by atoms with van der Waals surface area (Å²) in [7, 11) is 0. The summed E-state index contributed by atoms with van der Waals surface area (Å²) < 4.78 is 0. The van der Waals surface area contributed by atoms with Crippen LogP contribution in [0.2, 0.25) is 0 Å². The normalized spacial score (nSPS) is 13.9. The lowest BCUT2D eigenvalue weighted by Gasteiger charge is -1.99. The Bertz CT molecular complexity index is 991. The summed E-state index contributed by atoms with van der Waals surface area (Å²) in [6, 6.07) is 22.0. The molecule has 0 saturated carbocycles. The minimum absolute atomic E-state index is 0.322. The maximum Gasteiger partial charge on any atom is 0.123 e. The molecule has 28 heavy (non-hydrogen) atoms. The van der Waals surface area contributed by atoms with Crippen LogP contribution < -0.4 is 0 Å².